The van der Waals surface area contributed by atoms with Gasteiger partial charge in [0.25, 0.3) is 0 Å². The lowest BCUT2D eigenvalue weighted by Gasteiger charge is -2.03. The summed E-state index contributed by atoms with van der Waals surface area (Å²) in [7, 11) is 0. The molecule has 3 N–H and O–H groups in total. The van der Waals surface area contributed by atoms with Crippen molar-refractivity contribution in [3.8, 4) is 0 Å². The molecule has 1 amide bonds. The number of amides is 1. The number of carboxylic acid groups (broad SMARTS) is 1. The van der Waals surface area contributed by atoms with Crippen molar-refractivity contribution < 1.29 is 14.7 Å². The highest BCUT2D eigenvalue weighted by atomic mass is 16.4. The van der Waals surface area contributed by atoms with E-state index >= 15 is 0 Å². The van der Waals surface area contributed by atoms with E-state index in [4.69, 9.17) is 0 Å². The molecule has 1 aromatic heterocycles. The summed E-state index contributed by atoms with van der Waals surface area (Å²) in [6.45, 7) is 0. The lowest BCUT2D eigenvalue weighted by Crippen LogP contribution is -2.27. The normalized spacial score (nSPS) is 14.5. The highest BCUT2D eigenvalue weighted by Gasteiger charge is 2.25. The number of aromatic nitrogens is 1. The average Bonchev–Trinajstić information content (AvgIpc) is 3.10. The van der Waals surface area contributed by atoms with Crippen molar-refractivity contribution in [2.45, 2.75) is 25.3 Å². The van der Waals surface area contributed by atoms with E-state index in [1.54, 1.807) is 0 Å². The Hall–Kier alpha value is -2.30. The van der Waals surface area contributed by atoms with Crippen LogP contribution < -0.4 is 5.32 Å². The summed E-state index contributed by atoms with van der Waals surface area (Å²) in [6.07, 6.45) is 2.14. The molecule has 0 bridgehead atoms. The Morgan fingerprint density at radius 1 is 1.32 bits per heavy atom. The fraction of sp³-hybridized carbons (Fsp3) is 0.286. The molecule has 0 spiro atoms. The Labute approximate surface area is 109 Å². The topological polar surface area (TPSA) is 82.2 Å². The number of nitrogens with one attached hydrogen (secondary N) is 2. The first-order valence-electron chi connectivity index (χ1n) is 6.27. The van der Waals surface area contributed by atoms with Crippen LogP contribution in [0.25, 0.3) is 10.9 Å². The van der Waals surface area contributed by atoms with Crippen LogP contribution in [0, 0.1) is 0 Å². The number of aromatic carboxylic acids is 1. The van der Waals surface area contributed by atoms with Gasteiger partial charge in [-0.05, 0) is 18.9 Å². The molecule has 0 atom stereocenters. The van der Waals surface area contributed by atoms with E-state index in [2.05, 4.69) is 10.3 Å². The molecule has 1 aliphatic rings. The van der Waals surface area contributed by atoms with Crippen LogP contribution in [-0.4, -0.2) is 28.0 Å². The molecular weight excluding hydrogens is 244 g/mol. The molecule has 3 rings (SSSR count). The van der Waals surface area contributed by atoms with Crippen molar-refractivity contribution >= 4 is 22.8 Å². The van der Waals surface area contributed by atoms with Crippen molar-refractivity contribution in [2.24, 2.45) is 0 Å². The van der Waals surface area contributed by atoms with Gasteiger partial charge in [-0.25, -0.2) is 4.79 Å². The lowest BCUT2D eigenvalue weighted by molar-refractivity contribution is -0.120. The highest BCUT2D eigenvalue weighted by molar-refractivity contribution is 6.00. The van der Waals surface area contributed by atoms with Crippen molar-refractivity contribution in [3.05, 3.63) is 35.5 Å². The zero-order valence-electron chi connectivity index (χ0n) is 10.3. The Bertz CT molecular complexity index is 656. The highest BCUT2D eigenvalue weighted by Crippen LogP contribution is 2.24. The maximum Gasteiger partial charge on any atom is 0.352 e. The quantitative estimate of drug-likeness (QED) is 0.780. The Balaban J connectivity index is 1.96. The summed E-state index contributed by atoms with van der Waals surface area (Å²) in [5.74, 6) is -1.15. The molecule has 2 aromatic rings. The number of carbonyl (C=O) groups is 2. The van der Waals surface area contributed by atoms with E-state index in [1.165, 1.54) is 0 Å². The number of carboxylic acids is 1. The molecule has 1 heterocycles. The first-order chi connectivity index (χ1) is 9.15. The summed E-state index contributed by atoms with van der Waals surface area (Å²) in [4.78, 5) is 26.0. The third-order valence-electron chi connectivity index (χ3n) is 3.31. The summed E-state index contributed by atoms with van der Waals surface area (Å²) in [6, 6.07) is 7.59. The third-order valence-corrected chi connectivity index (χ3v) is 3.31. The van der Waals surface area contributed by atoms with Crippen LogP contribution in [-0.2, 0) is 11.2 Å². The minimum Gasteiger partial charge on any atom is -0.477 e. The first kappa shape index (κ1) is 11.8. The average molecular weight is 258 g/mol. The molecule has 1 aliphatic carbocycles. The van der Waals surface area contributed by atoms with Gasteiger partial charge < -0.3 is 15.4 Å². The Kier molecular flexibility index (Phi) is 2.74. The van der Waals surface area contributed by atoms with E-state index in [9.17, 15) is 14.7 Å². The van der Waals surface area contributed by atoms with Gasteiger partial charge in [-0.15, -0.1) is 0 Å². The molecular formula is C14H14N2O3. The number of hydrogen-bond acceptors (Lipinski definition) is 2. The number of carbonyl (C=O) groups excluding carboxylic acids is 1. The third kappa shape index (κ3) is 2.31. The van der Waals surface area contributed by atoms with Gasteiger partial charge in [-0.1, -0.05) is 18.2 Å². The second-order valence-electron chi connectivity index (χ2n) is 4.85. The van der Waals surface area contributed by atoms with Crippen molar-refractivity contribution in [1.29, 1.82) is 0 Å². The molecule has 1 aromatic carbocycles. The Morgan fingerprint density at radius 2 is 2.05 bits per heavy atom. The summed E-state index contributed by atoms with van der Waals surface area (Å²) in [5.41, 5.74) is 1.41. The molecule has 1 fully saturated rings. The van der Waals surface area contributed by atoms with Gasteiger partial charge >= 0.3 is 5.97 Å². The van der Waals surface area contributed by atoms with Crippen LogP contribution in [0.15, 0.2) is 24.3 Å². The predicted octanol–water partition coefficient (Wildman–Crippen LogP) is 1.69. The van der Waals surface area contributed by atoms with Crippen molar-refractivity contribution in [2.75, 3.05) is 0 Å². The minimum absolute atomic E-state index is 0.0994. The molecule has 0 saturated heterocycles. The van der Waals surface area contributed by atoms with Crippen molar-refractivity contribution in [1.82, 2.24) is 10.3 Å². The number of para-hydroxylation sites is 1. The van der Waals surface area contributed by atoms with Gasteiger partial charge in [0.15, 0.2) is 0 Å². The van der Waals surface area contributed by atoms with E-state index in [1.807, 2.05) is 24.3 Å². The number of H-pyrrole nitrogens is 1. The van der Waals surface area contributed by atoms with E-state index in [-0.39, 0.29) is 24.1 Å². The van der Waals surface area contributed by atoms with Crippen LogP contribution in [0.1, 0.15) is 28.9 Å². The number of hydrogen-bond donors (Lipinski definition) is 3. The molecule has 98 valence electrons. The lowest BCUT2D eigenvalue weighted by atomic mass is 10.1. The van der Waals surface area contributed by atoms with Gasteiger partial charge in [-0.2, -0.15) is 0 Å². The fourth-order valence-corrected chi connectivity index (χ4v) is 2.23. The second kappa shape index (κ2) is 4.42. The summed E-state index contributed by atoms with van der Waals surface area (Å²) < 4.78 is 0. The number of benzene rings is 1. The van der Waals surface area contributed by atoms with Crippen LogP contribution in [0.2, 0.25) is 0 Å². The fourth-order valence-electron chi connectivity index (χ4n) is 2.23. The van der Waals surface area contributed by atoms with Gasteiger partial charge in [0.05, 0.1) is 6.42 Å². The number of fused-ring (bicyclic) bond motifs is 1. The van der Waals surface area contributed by atoms with E-state index < -0.39 is 5.97 Å². The molecule has 5 nitrogen and oxygen atoms in total. The molecule has 19 heavy (non-hydrogen) atoms. The van der Waals surface area contributed by atoms with Crippen LogP contribution in [0.4, 0.5) is 0 Å². The van der Waals surface area contributed by atoms with Crippen LogP contribution >= 0.6 is 0 Å². The van der Waals surface area contributed by atoms with Crippen molar-refractivity contribution in [3.63, 3.8) is 0 Å². The standard InChI is InChI=1S/C14H14N2O3/c17-12(15-8-5-6-8)7-10-9-3-1-2-4-11(9)16-13(10)14(18)19/h1-4,8,16H,5-7H2,(H,15,17)(H,18,19). The number of aromatic amines is 1. The molecule has 0 aliphatic heterocycles. The smallest absolute Gasteiger partial charge is 0.352 e. The summed E-state index contributed by atoms with van der Waals surface area (Å²) in [5, 5.41) is 12.9. The molecule has 1 saturated carbocycles. The number of rotatable bonds is 4. The molecule has 0 radical (unpaired) electrons. The first-order valence-corrected chi connectivity index (χ1v) is 6.27. The van der Waals surface area contributed by atoms with Gasteiger partial charge in [0.2, 0.25) is 5.91 Å². The van der Waals surface area contributed by atoms with Crippen LogP contribution in [0.5, 0.6) is 0 Å². The monoisotopic (exact) mass is 258 g/mol. The Morgan fingerprint density at radius 3 is 2.74 bits per heavy atom. The van der Waals surface area contributed by atoms with E-state index in [0.717, 1.165) is 23.7 Å². The van der Waals surface area contributed by atoms with Crippen LogP contribution in [0.3, 0.4) is 0 Å². The van der Waals surface area contributed by atoms with Gasteiger partial charge in [0, 0.05) is 22.5 Å². The summed E-state index contributed by atoms with van der Waals surface area (Å²) >= 11 is 0. The van der Waals surface area contributed by atoms with Gasteiger partial charge in [0.1, 0.15) is 5.69 Å². The molecule has 0 unspecified atom stereocenters. The SMILES string of the molecule is O=C(Cc1c(C(=O)O)[nH]c2ccccc12)NC1CC1. The predicted molar refractivity (Wildman–Crippen MR) is 70.1 cm³/mol. The largest absolute Gasteiger partial charge is 0.477 e. The maximum absolute atomic E-state index is 11.9. The molecule has 5 heteroatoms. The second-order valence-corrected chi connectivity index (χ2v) is 4.85. The maximum atomic E-state index is 11.9. The van der Waals surface area contributed by atoms with Gasteiger partial charge in [-0.3, -0.25) is 4.79 Å². The zero-order chi connectivity index (χ0) is 13.4. The minimum atomic E-state index is -1.04. The van der Waals surface area contributed by atoms with E-state index in [0.29, 0.717) is 5.56 Å². The zero-order valence-corrected chi connectivity index (χ0v) is 10.3.